The third-order valence-electron chi connectivity index (χ3n) is 2.34. The average Bonchev–Trinajstić information content (AvgIpc) is 3.01. The van der Waals surface area contributed by atoms with Gasteiger partial charge in [0, 0.05) is 6.04 Å². The highest BCUT2D eigenvalue weighted by Crippen LogP contribution is 2.18. The molecule has 7 nitrogen and oxygen atoms in total. The van der Waals surface area contributed by atoms with Crippen LogP contribution in [0.3, 0.4) is 0 Å². The molecule has 0 aromatic carbocycles. The van der Waals surface area contributed by atoms with Crippen LogP contribution in [-0.4, -0.2) is 35.2 Å². The fourth-order valence-corrected chi connectivity index (χ4v) is 1.29. The second kappa shape index (κ2) is 5.62. The summed E-state index contributed by atoms with van der Waals surface area (Å²) in [5.41, 5.74) is 0. The number of rotatable bonds is 7. The molecule has 1 heterocycles. The van der Waals surface area contributed by atoms with Gasteiger partial charge in [-0.1, -0.05) is 12.0 Å². The van der Waals surface area contributed by atoms with Gasteiger partial charge in [0.2, 0.25) is 11.8 Å². The van der Waals surface area contributed by atoms with Crippen LogP contribution in [0.25, 0.3) is 0 Å². The molecule has 3 N–H and O–H groups in total. The molecule has 17 heavy (non-hydrogen) atoms. The number of hydrogen-bond acceptors (Lipinski definition) is 6. The van der Waals surface area contributed by atoms with Crippen molar-refractivity contribution in [1.29, 1.82) is 0 Å². The third-order valence-corrected chi connectivity index (χ3v) is 2.34. The first-order valence-corrected chi connectivity index (χ1v) is 5.84. The Bertz CT molecular complexity index is 375. The number of aromatic nitrogens is 2. The summed E-state index contributed by atoms with van der Waals surface area (Å²) in [6, 6.07) is 0.653. The van der Waals surface area contributed by atoms with Gasteiger partial charge in [-0.3, -0.25) is 4.79 Å². The fourth-order valence-electron chi connectivity index (χ4n) is 1.29. The van der Waals surface area contributed by atoms with Crippen molar-refractivity contribution in [2.75, 3.05) is 18.4 Å². The van der Waals surface area contributed by atoms with Gasteiger partial charge in [0.05, 0.1) is 13.1 Å². The first-order valence-electron chi connectivity index (χ1n) is 5.84. The quantitative estimate of drug-likeness (QED) is 0.614. The van der Waals surface area contributed by atoms with Crippen molar-refractivity contribution in [2.24, 2.45) is 0 Å². The monoisotopic (exact) mass is 239 g/mol. The van der Waals surface area contributed by atoms with Crippen LogP contribution in [0.4, 0.5) is 6.01 Å². The summed E-state index contributed by atoms with van der Waals surface area (Å²) in [5.74, 6) is 0.468. The standard InChI is InChI=1S/C10H17N5O2/c1-2-11-6-9-14-15-10(17-9)12-5-8(16)13-7-3-4-7/h7,11H,2-6H2,1H3,(H,12,15)(H,13,16). The summed E-state index contributed by atoms with van der Waals surface area (Å²) < 4.78 is 5.28. The highest BCUT2D eigenvalue weighted by molar-refractivity contribution is 5.80. The first kappa shape index (κ1) is 11.8. The molecule has 2 rings (SSSR count). The maximum Gasteiger partial charge on any atom is 0.315 e. The number of nitrogens with zero attached hydrogens (tertiary/aromatic N) is 2. The Hall–Kier alpha value is -1.63. The van der Waals surface area contributed by atoms with Crippen LogP contribution >= 0.6 is 0 Å². The molecular weight excluding hydrogens is 222 g/mol. The lowest BCUT2D eigenvalue weighted by molar-refractivity contribution is -0.119. The summed E-state index contributed by atoms with van der Waals surface area (Å²) >= 11 is 0. The van der Waals surface area contributed by atoms with Gasteiger partial charge >= 0.3 is 6.01 Å². The van der Waals surface area contributed by atoms with Gasteiger partial charge in [0.1, 0.15) is 0 Å². The second-order valence-corrected chi connectivity index (χ2v) is 3.98. The van der Waals surface area contributed by atoms with Crippen LogP contribution in [0.5, 0.6) is 0 Å². The fraction of sp³-hybridized carbons (Fsp3) is 0.700. The van der Waals surface area contributed by atoms with Gasteiger partial charge in [-0.25, -0.2) is 0 Å². The molecule has 0 unspecified atom stereocenters. The highest BCUT2D eigenvalue weighted by Gasteiger charge is 2.23. The van der Waals surface area contributed by atoms with E-state index in [2.05, 4.69) is 26.1 Å². The Balaban J connectivity index is 1.70. The van der Waals surface area contributed by atoms with Gasteiger partial charge in [-0.05, 0) is 19.4 Å². The minimum absolute atomic E-state index is 0.0427. The third kappa shape index (κ3) is 4.03. The van der Waals surface area contributed by atoms with E-state index in [0.717, 1.165) is 19.4 Å². The summed E-state index contributed by atoms with van der Waals surface area (Å²) in [6.07, 6.45) is 2.16. The van der Waals surface area contributed by atoms with E-state index < -0.39 is 0 Å². The zero-order valence-corrected chi connectivity index (χ0v) is 9.82. The lowest BCUT2D eigenvalue weighted by Gasteiger charge is -2.02. The molecule has 0 radical (unpaired) electrons. The summed E-state index contributed by atoms with van der Waals surface area (Å²) in [4.78, 5) is 11.4. The van der Waals surface area contributed by atoms with Crippen molar-refractivity contribution in [2.45, 2.75) is 32.4 Å². The van der Waals surface area contributed by atoms with E-state index >= 15 is 0 Å². The average molecular weight is 239 g/mol. The lowest BCUT2D eigenvalue weighted by atomic mass is 10.5. The zero-order chi connectivity index (χ0) is 12.1. The number of amides is 1. The smallest absolute Gasteiger partial charge is 0.315 e. The molecule has 7 heteroatoms. The molecule has 1 aromatic heterocycles. The van der Waals surface area contributed by atoms with E-state index in [1.807, 2.05) is 6.92 Å². The molecule has 1 saturated carbocycles. The SMILES string of the molecule is CCNCc1nnc(NCC(=O)NC2CC2)o1. The molecule has 0 bridgehead atoms. The molecular formula is C10H17N5O2. The minimum atomic E-state index is -0.0427. The lowest BCUT2D eigenvalue weighted by Crippen LogP contribution is -2.31. The minimum Gasteiger partial charge on any atom is -0.407 e. The molecule has 1 amide bonds. The topological polar surface area (TPSA) is 92.1 Å². The molecule has 0 atom stereocenters. The Morgan fingerprint density at radius 2 is 2.29 bits per heavy atom. The van der Waals surface area contributed by atoms with Gasteiger partial charge in [0.15, 0.2) is 0 Å². The van der Waals surface area contributed by atoms with Crippen LogP contribution in [-0.2, 0) is 11.3 Å². The molecule has 94 valence electrons. The number of carbonyl (C=O) groups excluding carboxylic acids is 1. The van der Waals surface area contributed by atoms with Crippen molar-refractivity contribution in [3.05, 3.63) is 5.89 Å². The Labute approximate surface area is 99.4 Å². The van der Waals surface area contributed by atoms with E-state index in [-0.39, 0.29) is 18.5 Å². The van der Waals surface area contributed by atoms with E-state index in [4.69, 9.17) is 4.42 Å². The normalized spacial score (nSPS) is 14.6. The van der Waals surface area contributed by atoms with Crippen molar-refractivity contribution >= 4 is 11.9 Å². The van der Waals surface area contributed by atoms with Crippen molar-refractivity contribution in [1.82, 2.24) is 20.8 Å². The molecule has 1 aliphatic rings. The molecule has 1 aliphatic carbocycles. The van der Waals surface area contributed by atoms with E-state index in [1.165, 1.54) is 0 Å². The number of hydrogen-bond donors (Lipinski definition) is 3. The summed E-state index contributed by atoms with van der Waals surface area (Å²) in [5, 5.41) is 16.3. The van der Waals surface area contributed by atoms with E-state index in [9.17, 15) is 4.79 Å². The molecule has 1 aromatic rings. The van der Waals surface area contributed by atoms with Crippen molar-refractivity contribution in [3.63, 3.8) is 0 Å². The Kier molecular flexibility index (Phi) is 3.92. The maximum absolute atomic E-state index is 11.4. The van der Waals surface area contributed by atoms with Crippen molar-refractivity contribution < 1.29 is 9.21 Å². The van der Waals surface area contributed by atoms with Crippen LogP contribution in [0.2, 0.25) is 0 Å². The van der Waals surface area contributed by atoms with E-state index in [0.29, 0.717) is 18.5 Å². The van der Waals surface area contributed by atoms with Gasteiger partial charge in [0.25, 0.3) is 0 Å². The molecule has 0 saturated heterocycles. The van der Waals surface area contributed by atoms with Crippen LogP contribution in [0, 0.1) is 0 Å². The molecule has 0 spiro atoms. The number of nitrogens with one attached hydrogen (secondary N) is 3. The van der Waals surface area contributed by atoms with E-state index in [1.54, 1.807) is 0 Å². The summed E-state index contributed by atoms with van der Waals surface area (Å²) in [7, 11) is 0. The van der Waals surface area contributed by atoms with Crippen molar-refractivity contribution in [3.8, 4) is 0 Å². The first-order chi connectivity index (χ1) is 8.28. The largest absolute Gasteiger partial charge is 0.407 e. The predicted octanol–water partition coefficient (Wildman–Crippen LogP) is -0.130. The van der Waals surface area contributed by atoms with Gasteiger partial charge in [-0.15, -0.1) is 5.10 Å². The van der Waals surface area contributed by atoms with Gasteiger partial charge in [-0.2, -0.15) is 0 Å². The highest BCUT2D eigenvalue weighted by atomic mass is 16.4. The maximum atomic E-state index is 11.4. The molecule has 1 fully saturated rings. The van der Waals surface area contributed by atoms with Crippen LogP contribution < -0.4 is 16.0 Å². The van der Waals surface area contributed by atoms with Gasteiger partial charge < -0.3 is 20.4 Å². The predicted molar refractivity (Wildman–Crippen MR) is 61.3 cm³/mol. The molecule has 0 aliphatic heterocycles. The van der Waals surface area contributed by atoms with Crippen LogP contribution in [0.15, 0.2) is 4.42 Å². The number of anilines is 1. The Morgan fingerprint density at radius 1 is 1.47 bits per heavy atom. The van der Waals surface area contributed by atoms with Crippen LogP contribution in [0.1, 0.15) is 25.7 Å². The zero-order valence-electron chi connectivity index (χ0n) is 9.82. The summed E-state index contributed by atoms with van der Waals surface area (Å²) in [6.45, 7) is 3.55. The number of carbonyl (C=O) groups is 1. The second-order valence-electron chi connectivity index (χ2n) is 3.98. The Morgan fingerprint density at radius 3 is 3.00 bits per heavy atom.